The minimum absolute atomic E-state index is 0.659. The molecular formula is C13H12F3N3. The minimum atomic E-state index is -4.36. The second-order valence-electron chi connectivity index (χ2n) is 4.51. The number of nitrogens with zero attached hydrogens (tertiary/aromatic N) is 2. The van der Waals surface area contributed by atoms with Crippen LogP contribution in [0, 0.1) is 0 Å². The van der Waals surface area contributed by atoms with Gasteiger partial charge in [-0.2, -0.15) is 18.3 Å². The third-order valence-corrected chi connectivity index (χ3v) is 3.28. The highest BCUT2D eigenvalue weighted by Crippen LogP contribution is 2.30. The minimum Gasteiger partial charge on any atom is -0.312 e. The van der Waals surface area contributed by atoms with Gasteiger partial charge in [0, 0.05) is 12.7 Å². The maximum atomic E-state index is 12.6. The van der Waals surface area contributed by atoms with Crippen LogP contribution in [0.1, 0.15) is 16.7 Å². The van der Waals surface area contributed by atoms with Crippen molar-refractivity contribution < 1.29 is 13.2 Å². The smallest absolute Gasteiger partial charge is 0.312 e. The molecule has 0 amide bonds. The number of fused-ring (bicyclic) bond motifs is 1. The van der Waals surface area contributed by atoms with Crippen LogP contribution in [-0.4, -0.2) is 16.3 Å². The highest BCUT2D eigenvalue weighted by molar-refractivity contribution is 5.47. The van der Waals surface area contributed by atoms with E-state index < -0.39 is 11.7 Å². The zero-order valence-electron chi connectivity index (χ0n) is 10.0. The van der Waals surface area contributed by atoms with Gasteiger partial charge in [0.1, 0.15) is 0 Å². The summed E-state index contributed by atoms with van der Waals surface area (Å²) in [6.45, 7) is 1.55. The fourth-order valence-electron chi connectivity index (χ4n) is 2.31. The van der Waals surface area contributed by atoms with Crippen molar-refractivity contribution in [2.24, 2.45) is 0 Å². The maximum Gasteiger partial charge on any atom is 0.419 e. The molecule has 3 rings (SSSR count). The molecule has 0 saturated carbocycles. The number of rotatable bonds is 1. The summed E-state index contributed by atoms with van der Waals surface area (Å²) in [6, 6.07) is 5.65. The Morgan fingerprint density at radius 2 is 2.11 bits per heavy atom. The largest absolute Gasteiger partial charge is 0.419 e. The molecule has 2 heterocycles. The number of hydrogen-bond donors (Lipinski definition) is 1. The molecule has 0 unspecified atom stereocenters. The maximum absolute atomic E-state index is 12.6. The van der Waals surface area contributed by atoms with E-state index in [0.29, 0.717) is 12.2 Å². The van der Waals surface area contributed by atoms with E-state index in [9.17, 15) is 13.2 Å². The Labute approximate surface area is 108 Å². The van der Waals surface area contributed by atoms with E-state index in [1.807, 2.05) is 12.1 Å². The van der Waals surface area contributed by atoms with E-state index in [2.05, 4.69) is 10.4 Å². The van der Waals surface area contributed by atoms with Crippen molar-refractivity contribution >= 4 is 0 Å². The molecule has 0 radical (unpaired) electrons. The van der Waals surface area contributed by atoms with Crippen LogP contribution in [0.15, 0.2) is 30.6 Å². The van der Waals surface area contributed by atoms with Crippen LogP contribution in [0.4, 0.5) is 13.2 Å². The number of hydrogen-bond acceptors (Lipinski definition) is 2. The van der Waals surface area contributed by atoms with E-state index in [-0.39, 0.29) is 0 Å². The molecule has 1 aromatic carbocycles. The first-order valence-electron chi connectivity index (χ1n) is 5.99. The fraction of sp³-hybridized carbons (Fsp3) is 0.308. The number of alkyl halides is 3. The van der Waals surface area contributed by atoms with Crippen LogP contribution in [0.3, 0.4) is 0 Å². The van der Waals surface area contributed by atoms with Gasteiger partial charge in [0.2, 0.25) is 0 Å². The normalized spacial score (nSPS) is 15.3. The average Bonchev–Trinajstić information content (AvgIpc) is 2.87. The van der Waals surface area contributed by atoms with Gasteiger partial charge in [0.05, 0.1) is 17.4 Å². The average molecular weight is 267 g/mol. The summed E-state index contributed by atoms with van der Waals surface area (Å²) in [5, 5.41) is 7.05. The standard InChI is InChI=1S/C13H12F3N3/c14-13(15,16)10-6-18-19(8-10)12-3-1-2-9-4-5-17-7-11(9)12/h1-3,6,8,17H,4-5,7H2. The van der Waals surface area contributed by atoms with E-state index >= 15 is 0 Å². The third-order valence-electron chi connectivity index (χ3n) is 3.28. The highest BCUT2D eigenvalue weighted by atomic mass is 19.4. The lowest BCUT2D eigenvalue weighted by molar-refractivity contribution is -0.137. The molecule has 1 N–H and O–H groups in total. The molecule has 0 atom stereocenters. The topological polar surface area (TPSA) is 29.9 Å². The zero-order valence-corrected chi connectivity index (χ0v) is 10.0. The van der Waals surface area contributed by atoms with E-state index in [0.717, 1.165) is 30.9 Å². The molecule has 1 aliphatic rings. The predicted octanol–water partition coefficient (Wildman–Crippen LogP) is 2.54. The monoisotopic (exact) mass is 267 g/mol. The molecule has 1 aromatic heterocycles. The second kappa shape index (κ2) is 4.38. The Morgan fingerprint density at radius 3 is 2.84 bits per heavy atom. The summed E-state index contributed by atoms with van der Waals surface area (Å²) in [6.07, 6.45) is -1.58. The van der Waals surface area contributed by atoms with Crippen molar-refractivity contribution in [3.05, 3.63) is 47.3 Å². The molecule has 0 spiro atoms. The predicted molar refractivity (Wildman–Crippen MR) is 64.0 cm³/mol. The van der Waals surface area contributed by atoms with Crippen molar-refractivity contribution in [3.63, 3.8) is 0 Å². The number of aromatic nitrogens is 2. The summed E-state index contributed by atoms with van der Waals surface area (Å²) >= 11 is 0. The lowest BCUT2D eigenvalue weighted by Crippen LogP contribution is -2.25. The molecule has 100 valence electrons. The van der Waals surface area contributed by atoms with E-state index in [1.165, 1.54) is 10.2 Å². The first-order valence-corrected chi connectivity index (χ1v) is 5.99. The molecule has 0 fully saturated rings. The Bertz CT molecular complexity index is 601. The van der Waals surface area contributed by atoms with Gasteiger partial charge in [0.15, 0.2) is 0 Å². The molecule has 19 heavy (non-hydrogen) atoms. The van der Waals surface area contributed by atoms with Crippen molar-refractivity contribution in [3.8, 4) is 5.69 Å². The van der Waals surface area contributed by atoms with Crippen molar-refractivity contribution in [2.75, 3.05) is 6.54 Å². The lowest BCUT2D eigenvalue weighted by atomic mass is 9.99. The molecule has 6 heteroatoms. The van der Waals surface area contributed by atoms with Gasteiger partial charge in [-0.25, -0.2) is 4.68 Å². The van der Waals surface area contributed by atoms with Crippen LogP contribution in [-0.2, 0) is 19.1 Å². The van der Waals surface area contributed by atoms with Crippen LogP contribution in [0.2, 0.25) is 0 Å². The van der Waals surface area contributed by atoms with Gasteiger partial charge in [-0.3, -0.25) is 0 Å². The summed E-state index contributed by atoms with van der Waals surface area (Å²) in [7, 11) is 0. The van der Waals surface area contributed by atoms with E-state index in [1.54, 1.807) is 6.07 Å². The van der Waals surface area contributed by atoms with Gasteiger partial charge in [0.25, 0.3) is 0 Å². The Morgan fingerprint density at radius 1 is 1.26 bits per heavy atom. The summed E-state index contributed by atoms with van der Waals surface area (Å²) in [5.41, 5.74) is 2.17. The van der Waals surface area contributed by atoms with Gasteiger partial charge in [-0.15, -0.1) is 0 Å². The van der Waals surface area contributed by atoms with Crippen LogP contribution in [0.25, 0.3) is 5.69 Å². The van der Waals surface area contributed by atoms with Gasteiger partial charge in [-0.1, -0.05) is 12.1 Å². The number of halogens is 3. The summed E-state index contributed by atoms with van der Waals surface area (Å²) < 4.78 is 39.1. The second-order valence-corrected chi connectivity index (χ2v) is 4.51. The van der Waals surface area contributed by atoms with Crippen LogP contribution in [0.5, 0.6) is 0 Å². The molecule has 3 nitrogen and oxygen atoms in total. The first kappa shape index (κ1) is 12.2. The van der Waals surface area contributed by atoms with Crippen molar-refractivity contribution in [1.29, 1.82) is 0 Å². The molecule has 1 aliphatic heterocycles. The molecule has 0 aliphatic carbocycles. The number of nitrogens with one attached hydrogen (secondary N) is 1. The molecule has 0 bridgehead atoms. The molecular weight excluding hydrogens is 255 g/mol. The highest BCUT2D eigenvalue weighted by Gasteiger charge is 2.32. The molecule has 2 aromatic rings. The fourth-order valence-corrected chi connectivity index (χ4v) is 2.31. The van der Waals surface area contributed by atoms with Crippen LogP contribution < -0.4 is 5.32 Å². The third kappa shape index (κ3) is 2.23. The summed E-state index contributed by atoms with van der Waals surface area (Å²) in [5.74, 6) is 0. The van der Waals surface area contributed by atoms with Crippen molar-refractivity contribution in [1.82, 2.24) is 15.1 Å². The quantitative estimate of drug-likeness (QED) is 0.860. The van der Waals surface area contributed by atoms with Gasteiger partial charge >= 0.3 is 6.18 Å². The first-order chi connectivity index (χ1) is 9.05. The molecule has 0 saturated heterocycles. The van der Waals surface area contributed by atoms with Gasteiger partial charge < -0.3 is 5.32 Å². The zero-order chi connectivity index (χ0) is 13.5. The Kier molecular flexibility index (Phi) is 2.82. The van der Waals surface area contributed by atoms with Crippen molar-refractivity contribution in [2.45, 2.75) is 19.1 Å². The number of benzene rings is 1. The van der Waals surface area contributed by atoms with Crippen LogP contribution >= 0.6 is 0 Å². The lowest BCUT2D eigenvalue weighted by Gasteiger charge is -2.20. The van der Waals surface area contributed by atoms with Gasteiger partial charge in [-0.05, 0) is 30.2 Å². The van der Waals surface area contributed by atoms with E-state index in [4.69, 9.17) is 0 Å². The summed E-state index contributed by atoms with van der Waals surface area (Å²) in [4.78, 5) is 0. The Balaban J connectivity index is 2.05. The SMILES string of the molecule is FC(F)(F)c1cnn(-c2cccc3c2CNCC3)c1. The Hall–Kier alpha value is -1.82.